The normalized spacial score (nSPS) is 20.9. The maximum absolute atomic E-state index is 13.0. The molecule has 1 saturated heterocycles. The minimum absolute atomic E-state index is 0.0972. The van der Waals surface area contributed by atoms with Crippen LogP contribution in [0.4, 0.5) is 15.8 Å². The number of nitrogens with two attached hydrogens (primary N) is 1. The lowest BCUT2D eigenvalue weighted by atomic mass is 10.1. The number of anilines is 2. The number of carbonyl (C=O) groups excluding carboxylic acids is 1. The number of rotatable bonds is 4. The van der Waals surface area contributed by atoms with Crippen molar-refractivity contribution >= 4 is 17.3 Å². The van der Waals surface area contributed by atoms with Crippen molar-refractivity contribution in [2.24, 2.45) is 5.92 Å². The molecular formula is C15H22FN3O. The second-order valence-electron chi connectivity index (χ2n) is 5.45. The van der Waals surface area contributed by atoms with E-state index in [1.807, 2.05) is 6.92 Å². The third-order valence-electron chi connectivity index (χ3n) is 4.09. The Balaban J connectivity index is 1.97. The van der Waals surface area contributed by atoms with Gasteiger partial charge in [0.1, 0.15) is 5.82 Å². The van der Waals surface area contributed by atoms with Crippen LogP contribution in [0.2, 0.25) is 0 Å². The van der Waals surface area contributed by atoms with E-state index in [1.54, 1.807) is 0 Å². The van der Waals surface area contributed by atoms with Gasteiger partial charge >= 0.3 is 0 Å². The van der Waals surface area contributed by atoms with E-state index < -0.39 is 5.82 Å². The van der Waals surface area contributed by atoms with Gasteiger partial charge in [-0.1, -0.05) is 13.3 Å². The number of hydrogen-bond donors (Lipinski definition) is 2. The van der Waals surface area contributed by atoms with Crippen molar-refractivity contribution in [2.45, 2.75) is 32.7 Å². The lowest BCUT2D eigenvalue weighted by Crippen LogP contribution is -2.40. The number of halogens is 1. The molecule has 20 heavy (non-hydrogen) atoms. The van der Waals surface area contributed by atoms with Gasteiger partial charge < -0.3 is 11.1 Å². The Morgan fingerprint density at radius 3 is 2.95 bits per heavy atom. The fourth-order valence-corrected chi connectivity index (χ4v) is 2.60. The molecule has 1 heterocycles. The fraction of sp³-hybridized carbons (Fsp3) is 0.533. The van der Waals surface area contributed by atoms with Gasteiger partial charge in [0.15, 0.2) is 0 Å². The number of nitrogens with one attached hydrogen (secondary N) is 1. The van der Waals surface area contributed by atoms with Gasteiger partial charge in [0.05, 0.1) is 17.4 Å². The van der Waals surface area contributed by atoms with Crippen molar-refractivity contribution in [1.82, 2.24) is 4.90 Å². The number of benzene rings is 1. The van der Waals surface area contributed by atoms with Crippen LogP contribution >= 0.6 is 0 Å². The molecule has 0 bridgehead atoms. The standard InChI is InChI=1S/C15H22FN3O/c1-3-11-6-7-19(9-11)10(2)15(20)18-14-5-4-12(16)8-13(14)17/h4-5,8,10-11H,3,6-7,9,17H2,1-2H3,(H,18,20). The quantitative estimate of drug-likeness (QED) is 0.832. The summed E-state index contributed by atoms with van der Waals surface area (Å²) in [7, 11) is 0. The minimum Gasteiger partial charge on any atom is -0.397 e. The summed E-state index contributed by atoms with van der Waals surface area (Å²) in [4.78, 5) is 14.4. The first-order valence-electron chi connectivity index (χ1n) is 7.11. The highest BCUT2D eigenvalue weighted by Crippen LogP contribution is 2.23. The van der Waals surface area contributed by atoms with Crippen molar-refractivity contribution in [1.29, 1.82) is 0 Å². The van der Waals surface area contributed by atoms with Gasteiger partial charge in [0.2, 0.25) is 5.91 Å². The molecule has 1 aromatic carbocycles. The van der Waals surface area contributed by atoms with Crippen molar-refractivity contribution < 1.29 is 9.18 Å². The molecule has 5 heteroatoms. The van der Waals surface area contributed by atoms with E-state index in [9.17, 15) is 9.18 Å². The topological polar surface area (TPSA) is 58.4 Å². The van der Waals surface area contributed by atoms with Gasteiger partial charge in [0, 0.05) is 6.54 Å². The van der Waals surface area contributed by atoms with Crippen molar-refractivity contribution in [3.8, 4) is 0 Å². The predicted octanol–water partition coefficient (Wildman–Crippen LogP) is 2.47. The van der Waals surface area contributed by atoms with E-state index in [2.05, 4.69) is 17.1 Å². The molecule has 0 aliphatic carbocycles. The monoisotopic (exact) mass is 279 g/mol. The molecule has 1 aliphatic heterocycles. The SMILES string of the molecule is CCC1CCN(C(C)C(=O)Nc2ccc(F)cc2N)C1. The van der Waals surface area contributed by atoms with E-state index in [-0.39, 0.29) is 17.6 Å². The average Bonchev–Trinajstić information content (AvgIpc) is 2.89. The van der Waals surface area contributed by atoms with Gasteiger partial charge in [-0.2, -0.15) is 0 Å². The molecule has 110 valence electrons. The van der Waals surface area contributed by atoms with Crippen LogP contribution in [0.5, 0.6) is 0 Å². The van der Waals surface area contributed by atoms with Crippen LogP contribution in [0.25, 0.3) is 0 Å². The Labute approximate surface area is 119 Å². The Kier molecular flexibility index (Phi) is 4.60. The first-order chi connectivity index (χ1) is 9.51. The second kappa shape index (κ2) is 6.22. The molecule has 3 N–H and O–H groups in total. The van der Waals surface area contributed by atoms with Crippen molar-refractivity contribution in [3.05, 3.63) is 24.0 Å². The van der Waals surface area contributed by atoms with E-state index in [1.165, 1.54) is 18.2 Å². The number of hydrogen-bond acceptors (Lipinski definition) is 3. The summed E-state index contributed by atoms with van der Waals surface area (Å²) >= 11 is 0. The number of amides is 1. The number of carbonyl (C=O) groups is 1. The maximum atomic E-state index is 13.0. The van der Waals surface area contributed by atoms with Gasteiger partial charge in [-0.25, -0.2) is 4.39 Å². The van der Waals surface area contributed by atoms with Crippen LogP contribution in [0, 0.1) is 11.7 Å². The molecule has 1 fully saturated rings. The lowest BCUT2D eigenvalue weighted by molar-refractivity contribution is -0.120. The van der Waals surface area contributed by atoms with Gasteiger partial charge in [-0.05, 0) is 44.0 Å². The molecular weight excluding hydrogens is 257 g/mol. The summed E-state index contributed by atoms with van der Waals surface area (Å²) in [5, 5.41) is 2.77. The van der Waals surface area contributed by atoms with Gasteiger partial charge in [0.25, 0.3) is 0 Å². The molecule has 0 radical (unpaired) electrons. The Morgan fingerprint density at radius 2 is 2.35 bits per heavy atom. The highest BCUT2D eigenvalue weighted by Gasteiger charge is 2.28. The summed E-state index contributed by atoms with van der Waals surface area (Å²) in [5.41, 5.74) is 6.41. The highest BCUT2D eigenvalue weighted by molar-refractivity contribution is 5.97. The zero-order valence-electron chi connectivity index (χ0n) is 12.0. The van der Waals surface area contributed by atoms with Gasteiger partial charge in [-0.3, -0.25) is 9.69 Å². The van der Waals surface area contributed by atoms with Crippen LogP contribution in [0.15, 0.2) is 18.2 Å². The van der Waals surface area contributed by atoms with Crippen LogP contribution in [-0.4, -0.2) is 29.9 Å². The first kappa shape index (κ1) is 14.8. The minimum atomic E-state index is -0.404. The van der Waals surface area contributed by atoms with Crippen molar-refractivity contribution in [2.75, 3.05) is 24.1 Å². The number of nitrogen functional groups attached to an aromatic ring is 1. The predicted molar refractivity (Wildman–Crippen MR) is 78.9 cm³/mol. The zero-order chi connectivity index (χ0) is 14.7. The lowest BCUT2D eigenvalue weighted by Gasteiger charge is -2.23. The summed E-state index contributed by atoms with van der Waals surface area (Å²) in [6.45, 7) is 5.99. The summed E-state index contributed by atoms with van der Waals surface area (Å²) < 4.78 is 13.0. The number of likely N-dealkylation sites (tertiary alicyclic amines) is 1. The molecule has 1 amide bonds. The molecule has 4 nitrogen and oxygen atoms in total. The van der Waals surface area contributed by atoms with E-state index in [0.29, 0.717) is 11.6 Å². The first-order valence-corrected chi connectivity index (χ1v) is 7.11. The Morgan fingerprint density at radius 1 is 1.60 bits per heavy atom. The fourth-order valence-electron chi connectivity index (χ4n) is 2.60. The van der Waals surface area contributed by atoms with Crippen LogP contribution in [0.1, 0.15) is 26.7 Å². The molecule has 0 aromatic heterocycles. The number of nitrogens with zero attached hydrogens (tertiary/aromatic N) is 1. The van der Waals surface area contributed by atoms with Crippen LogP contribution < -0.4 is 11.1 Å². The van der Waals surface area contributed by atoms with E-state index >= 15 is 0 Å². The van der Waals surface area contributed by atoms with Crippen LogP contribution in [-0.2, 0) is 4.79 Å². The average molecular weight is 279 g/mol. The Bertz CT molecular complexity index is 492. The molecule has 2 atom stereocenters. The molecule has 1 aliphatic rings. The van der Waals surface area contributed by atoms with E-state index in [0.717, 1.165) is 25.9 Å². The van der Waals surface area contributed by atoms with Crippen LogP contribution in [0.3, 0.4) is 0 Å². The highest BCUT2D eigenvalue weighted by atomic mass is 19.1. The molecule has 2 unspecified atom stereocenters. The summed E-state index contributed by atoms with van der Waals surface area (Å²) in [5.74, 6) is 0.181. The summed E-state index contributed by atoms with van der Waals surface area (Å²) in [6, 6.07) is 3.80. The molecule has 0 saturated carbocycles. The maximum Gasteiger partial charge on any atom is 0.241 e. The molecule has 0 spiro atoms. The zero-order valence-corrected chi connectivity index (χ0v) is 12.0. The molecule has 1 aromatic rings. The molecule has 2 rings (SSSR count). The van der Waals surface area contributed by atoms with E-state index in [4.69, 9.17) is 5.73 Å². The largest absolute Gasteiger partial charge is 0.397 e. The third kappa shape index (κ3) is 3.28. The summed E-state index contributed by atoms with van der Waals surface area (Å²) in [6.07, 6.45) is 2.29. The van der Waals surface area contributed by atoms with Gasteiger partial charge in [-0.15, -0.1) is 0 Å². The third-order valence-corrected chi connectivity index (χ3v) is 4.09. The second-order valence-corrected chi connectivity index (χ2v) is 5.45. The van der Waals surface area contributed by atoms with Crippen molar-refractivity contribution in [3.63, 3.8) is 0 Å². The smallest absolute Gasteiger partial charge is 0.241 e. The Hall–Kier alpha value is -1.62.